The first-order valence-corrected chi connectivity index (χ1v) is 6.57. The molecule has 0 aliphatic heterocycles. The van der Waals surface area contributed by atoms with Gasteiger partial charge in [0.15, 0.2) is 0 Å². The predicted octanol–water partition coefficient (Wildman–Crippen LogP) is 3.66. The molecule has 0 aromatic heterocycles. The molecule has 1 rings (SSSR count). The average Bonchev–Trinajstić information content (AvgIpc) is 2.28. The molecule has 0 saturated carbocycles. The smallest absolute Gasteiger partial charge is 0.124 e. The molecule has 4 heteroatoms. The molecule has 2 nitrogen and oxygen atoms in total. The minimum Gasteiger partial charge on any atom is -0.383 e. The number of nitrogens with one attached hydrogen (secondary N) is 1. The van der Waals surface area contributed by atoms with Gasteiger partial charge >= 0.3 is 0 Å². The van der Waals surface area contributed by atoms with Crippen LogP contribution in [0.5, 0.6) is 0 Å². The fourth-order valence-corrected chi connectivity index (χ4v) is 2.48. The van der Waals surface area contributed by atoms with E-state index in [2.05, 4.69) is 35.1 Å². The van der Waals surface area contributed by atoms with Gasteiger partial charge in [-0.15, -0.1) is 0 Å². The number of rotatable bonds is 6. The Kier molecular flexibility index (Phi) is 6.09. The largest absolute Gasteiger partial charge is 0.383 e. The second kappa shape index (κ2) is 7.09. The van der Waals surface area contributed by atoms with E-state index in [1.807, 2.05) is 0 Å². The second-order valence-corrected chi connectivity index (χ2v) is 4.97. The van der Waals surface area contributed by atoms with Gasteiger partial charge in [-0.2, -0.15) is 0 Å². The van der Waals surface area contributed by atoms with Crippen molar-refractivity contribution in [2.45, 2.75) is 32.4 Å². The minimum absolute atomic E-state index is 0.157. The van der Waals surface area contributed by atoms with Gasteiger partial charge in [-0.25, -0.2) is 4.39 Å². The van der Waals surface area contributed by atoms with Crippen LogP contribution in [0, 0.1) is 5.82 Å². The van der Waals surface area contributed by atoms with Crippen molar-refractivity contribution in [3.63, 3.8) is 0 Å². The molecule has 2 unspecified atom stereocenters. The van der Waals surface area contributed by atoms with Gasteiger partial charge in [-0.05, 0) is 31.0 Å². The molecule has 0 bridgehead atoms. The second-order valence-electron chi connectivity index (χ2n) is 4.11. The van der Waals surface area contributed by atoms with E-state index in [4.69, 9.17) is 4.74 Å². The summed E-state index contributed by atoms with van der Waals surface area (Å²) >= 11 is 3.39. The molecule has 96 valence electrons. The monoisotopic (exact) mass is 303 g/mol. The zero-order valence-corrected chi connectivity index (χ0v) is 12.1. The zero-order valence-electron chi connectivity index (χ0n) is 10.5. The summed E-state index contributed by atoms with van der Waals surface area (Å²) in [4.78, 5) is 0. The van der Waals surface area contributed by atoms with Gasteiger partial charge in [0, 0.05) is 23.7 Å². The molecule has 0 heterocycles. The van der Waals surface area contributed by atoms with Crippen LogP contribution in [0.4, 0.5) is 4.39 Å². The molecule has 0 aliphatic carbocycles. The van der Waals surface area contributed by atoms with Crippen molar-refractivity contribution < 1.29 is 9.13 Å². The van der Waals surface area contributed by atoms with E-state index in [9.17, 15) is 4.39 Å². The van der Waals surface area contributed by atoms with Crippen LogP contribution < -0.4 is 5.32 Å². The number of hydrogen-bond acceptors (Lipinski definition) is 2. The molecular formula is C13H19BrFNO. The van der Waals surface area contributed by atoms with E-state index in [0.29, 0.717) is 12.6 Å². The van der Waals surface area contributed by atoms with E-state index in [0.717, 1.165) is 16.5 Å². The molecule has 1 aromatic carbocycles. The molecule has 17 heavy (non-hydrogen) atoms. The molecule has 0 aliphatic rings. The summed E-state index contributed by atoms with van der Waals surface area (Å²) in [5.74, 6) is -0.225. The molecule has 0 spiro atoms. The van der Waals surface area contributed by atoms with Gasteiger partial charge < -0.3 is 10.1 Å². The number of benzene rings is 1. The summed E-state index contributed by atoms with van der Waals surface area (Å²) in [6.07, 6.45) is 0.997. The highest BCUT2D eigenvalue weighted by atomic mass is 79.9. The Morgan fingerprint density at radius 3 is 2.71 bits per heavy atom. The van der Waals surface area contributed by atoms with Crippen molar-refractivity contribution >= 4 is 15.9 Å². The Balaban J connectivity index is 2.71. The molecule has 0 radical (unpaired) electrons. The van der Waals surface area contributed by atoms with Crippen LogP contribution in [-0.4, -0.2) is 19.8 Å². The Morgan fingerprint density at radius 1 is 1.47 bits per heavy atom. The lowest BCUT2D eigenvalue weighted by Gasteiger charge is -2.22. The van der Waals surface area contributed by atoms with Crippen molar-refractivity contribution in [1.82, 2.24) is 5.32 Å². The van der Waals surface area contributed by atoms with E-state index in [-0.39, 0.29) is 11.9 Å². The molecule has 1 aromatic rings. The van der Waals surface area contributed by atoms with Gasteiger partial charge in [0.25, 0.3) is 0 Å². The number of methoxy groups -OCH3 is 1. The van der Waals surface area contributed by atoms with Crippen LogP contribution in [-0.2, 0) is 4.74 Å². The lowest BCUT2D eigenvalue weighted by Crippen LogP contribution is -2.34. The van der Waals surface area contributed by atoms with Crippen LogP contribution in [0.25, 0.3) is 0 Å². The number of halogens is 2. The van der Waals surface area contributed by atoms with Gasteiger partial charge in [-0.3, -0.25) is 0 Å². The quantitative estimate of drug-likeness (QED) is 0.866. The SMILES string of the molecule is CCC(COC)NC(C)c1ccc(F)cc1Br. The Morgan fingerprint density at radius 2 is 2.18 bits per heavy atom. The Labute approximate surface area is 111 Å². The van der Waals surface area contributed by atoms with Crippen LogP contribution in [0.15, 0.2) is 22.7 Å². The average molecular weight is 304 g/mol. The van der Waals surface area contributed by atoms with E-state index in [1.165, 1.54) is 12.1 Å². The highest BCUT2D eigenvalue weighted by molar-refractivity contribution is 9.10. The molecule has 1 N–H and O–H groups in total. The van der Waals surface area contributed by atoms with Crippen LogP contribution in [0.1, 0.15) is 31.9 Å². The summed E-state index contributed by atoms with van der Waals surface area (Å²) in [6, 6.07) is 5.24. The first-order chi connectivity index (χ1) is 8.08. The molecule has 0 saturated heterocycles. The van der Waals surface area contributed by atoms with E-state index >= 15 is 0 Å². The lowest BCUT2D eigenvalue weighted by atomic mass is 10.1. The summed E-state index contributed by atoms with van der Waals surface area (Å²) < 4.78 is 18.9. The third kappa shape index (κ3) is 4.37. The maximum Gasteiger partial charge on any atom is 0.124 e. The zero-order chi connectivity index (χ0) is 12.8. The standard InChI is InChI=1S/C13H19BrFNO/c1-4-11(8-17-3)16-9(2)12-6-5-10(15)7-13(12)14/h5-7,9,11,16H,4,8H2,1-3H3. The van der Waals surface area contributed by atoms with Crippen molar-refractivity contribution in [1.29, 1.82) is 0 Å². The first kappa shape index (κ1) is 14.6. The Hall–Kier alpha value is -0.450. The van der Waals surface area contributed by atoms with Gasteiger partial charge in [0.2, 0.25) is 0 Å². The van der Waals surface area contributed by atoms with Crippen molar-refractivity contribution in [2.24, 2.45) is 0 Å². The number of hydrogen-bond donors (Lipinski definition) is 1. The molecule has 0 fully saturated rings. The molecule has 2 atom stereocenters. The summed E-state index contributed by atoms with van der Waals surface area (Å²) in [7, 11) is 1.70. The van der Waals surface area contributed by atoms with Crippen LogP contribution >= 0.6 is 15.9 Å². The van der Waals surface area contributed by atoms with Crippen molar-refractivity contribution in [2.75, 3.05) is 13.7 Å². The fraction of sp³-hybridized carbons (Fsp3) is 0.538. The third-order valence-electron chi connectivity index (χ3n) is 2.78. The third-order valence-corrected chi connectivity index (χ3v) is 3.46. The van der Waals surface area contributed by atoms with Crippen molar-refractivity contribution in [3.8, 4) is 0 Å². The van der Waals surface area contributed by atoms with E-state index in [1.54, 1.807) is 13.2 Å². The predicted molar refractivity (Wildman–Crippen MR) is 71.6 cm³/mol. The van der Waals surface area contributed by atoms with E-state index < -0.39 is 0 Å². The van der Waals surface area contributed by atoms with Gasteiger partial charge in [0.05, 0.1) is 6.61 Å². The van der Waals surface area contributed by atoms with Gasteiger partial charge in [0.1, 0.15) is 5.82 Å². The highest BCUT2D eigenvalue weighted by Gasteiger charge is 2.14. The maximum absolute atomic E-state index is 13.0. The molecular weight excluding hydrogens is 285 g/mol. The summed E-state index contributed by atoms with van der Waals surface area (Å²) in [5, 5.41) is 3.47. The van der Waals surface area contributed by atoms with Crippen molar-refractivity contribution in [3.05, 3.63) is 34.1 Å². The summed E-state index contributed by atoms with van der Waals surface area (Å²) in [5.41, 5.74) is 1.06. The summed E-state index contributed by atoms with van der Waals surface area (Å²) in [6.45, 7) is 4.86. The Bertz CT molecular complexity index is 359. The number of ether oxygens (including phenoxy) is 1. The maximum atomic E-state index is 13.0. The first-order valence-electron chi connectivity index (χ1n) is 5.78. The molecule has 0 amide bonds. The minimum atomic E-state index is -0.225. The highest BCUT2D eigenvalue weighted by Crippen LogP contribution is 2.24. The topological polar surface area (TPSA) is 21.3 Å². The van der Waals surface area contributed by atoms with Crippen LogP contribution in [0.3, 0.4) is 0 Å². The van der Waals surface area contributed by atoms with Gasteiger partial charge in [-0.1, -0.05) is 28.9 Å². The fourth-order valence-electron chi connectivity index (χ4n) is 1.78. The normalized spacial score (nSPS) is 14.6. The lowest BCUT2D eigenvalue weighted by molar-refractivity contribution is 0.159. The van der Waals surface area contributed by atoms with Crippen LogP contribution in [0.2, 0.25) is 0 Å².